The van der Waals surface area contributed by atoms with Crippen LogP contribution in [-0.4, -0.2) is 32.1 Å². The summed E-state index contributed by atoms with van der Waals surface area (Å²) in [5, 5.41) is 40.3. The maximum atomic E-state index is 12.9. The third-order valence-electron chi connectivity index (χ3n) is 4.82. The van der Waals surface area contributed by atoms with Gasteiger partial charge in [0.25, 0.3) is 0 Å². The van der Waals surface area contributed by atoms with E-state index in [4.69, 9.17) is 9.15 Å². The molecule has 4 rings (SSSR count). The number of benzene rings is 2. The fourth-order valence-electron chi connectivity index (χ4n) is 3.32. The first-order chi connectivity index (χ1) is 12.7. The average molecular weight is 370 g/mol. The SMILES string of the molecule is CC(C)(O)[C@H]1Cc2c(ccc(-c3coc4cc(O)cc(O)c4c3=O)c2O)O1. The first-order valence-corrected chi connectivity index (χ1v) is 8.38. The Morgan fingerprint density at radius 2 is 1.85 bits per heavy atom. The van der Waals surface area contributed by atoms with Gasteiger partial charge in [0.15, 0.2) is 0 Å². The van der Waals surface area contributed by atoms with Crippen LogP contribution in [0.3, 0.4) is 0 Å². The molecule has 1 atom stereocenters. The van der Waals surface area contributed by atoms with E-state index in [2.05, 4.69) is 0 Å². The van der Waals surface area contributed by atoms with Crippen LogP contribution in [0.25, 0.3) is 22.1 Å². The highest BCUT2D eigenvalue weighted by atomic mass is 16.5. The standard InChI is InChI=1S/C20H18O7/c1-20(2,25)16-7-11-14(27-16)4-3-10(18(11)23)12-8-26-15-6-9(21)5-13(22)17(15)19(12)24/h3-6,8,16,21-23,25H,7H2,1-2H3/t16-/m1/s1. The number of aliphatic hydroxyl groups is 1. The normalized spacial score (nSPS) is 16.3. The number of rotatable bonds is 2. The Hall–Kier alpha value is -3.19. The van der Waals surface area contributed by atoms with Gasteiger partial charge < -0.3 is 29.6 Å². The maximum Gasteiger partial charge on any atom is 0.204 e. The molecule has 4 N–H and O–H groups in total. The van der Waals surface area contributed by atoms with Gasteiger partial charge in [-0.3, -0.25) is 4.79 Å². The number of fused-ring (bicyclic) bond motifs is 2. The third kappa shape index (κ3) is 2.67. The summed E-state index contributed by atoms with van der Waals surface area (Å²) in [6.07, 6.45) is 0.943. The van der Waals surface area contributed by atoms with Crippen molar-refractivity contribution in [1.29, 1.82) is 0 Å². The zero-order chi connectivity index (χ0) is 19.5. The van der Waals surface area contributed by atoms with E-state index in [0.717, 1.165) is 6.07 Å². The minimum absolute atomic E-state index is 0.0346. The van der Waals surface area contributed by atoms with Gasteiger partial charge in [-0.25, -0.2) is 0 Å². The highest BCUT2D eigenvalue weighted by molar-refractivity contribution is 5.89. The molecule has 1 aliphatic heterocycles. The van der Waals surface area contributed by atoms with Crippen molar-refractivity contribution in [3.8, 4) is 34.1 Å². The Kier molecular flexibility index (Phi) is 3.61. The fraction of sp³-hybridized carbons (Fsp3) is 0.250. The number of hydrogen-bond acceptors (Lipinski definition) is 7. The van der Waals surface area contributed by atoms with Crippen molar-refractivity contribution >= 4 is 11.0 Å². The third-order valence-corrected chi connectivity index (χ3v) is 4.82. The Morgan fingerprint density at radius 3 is 2.56 bits per heavy atom. The van der Waals surface area contributed by atoms with Crippen LogP contribution in [0.4, 0.5) is 0 Å². The van der Waals surface area contributed by atoms with Gasteiger partial charge in [-0.1, -0.05) is 0 Å². The van der Waals surface area contributed by atoms with Crippen molar-refractivity contribution in [3.63, 3.8) is 0 Å². The summed E-state index contributed by atoms with van der Waals surface area (Å²) in [7, 11) is 0. The van der Waals surface area contributed by atoms with Crippen LogP contribution in [0, 0.1) is 0 Å². The molecule has 140 valence electrons. The second kappa shape index (κ2) is 5.65. The molecular formula is C20H18O7. The molecule has 0 aliphatic carbocycles. The number of aromatic hydroxyl groups is 3. The Balaban J connectivity index is 1.87. The summed E-state index contributed by atoms with van der Waals surface area (Å²) in [5.74, 6) is -0.330. The summed E-state index contributed by atoms with van der Waals surface area (Å²) >= 11 is 0. The zero-order valence-corrected chi connectivity index (χ0v) is 14.7. The molecule has 0 radical (unpaired) electrons. The van der Waals surface area contributed by atoms with Gasteiger partial charge in [-0.2, -0.15) is 0 Å². The molecule has 7 nitrogen and oxygen atoms in total. The molecule has 0 unspecified atom stereocenters. The molecule has 2 aromatic carbocycles. The average Bonchev–Trinajstić information content (AvgIpc) is 3.01. The first-order valence-electron chi connectivity index (χ1n) is 8.38. The maximum absolute atomic E-state index is 12.9. The molecule has 1 aliphatic rings. The van der Waals surface area contributed by atoms with Gasteiger partial charge in [0, 0.05) is 29.7 Å². The van der Waals surface area contributed by atoms with Crippen LogP contribution in [0.1, 0.15) is 19.4 Å². The number of phenols is 3. The van der Waals surface area contributed by atoms with Gasteiger partial charge in [-0.15, -0.1) is 0 Å². The topological polar surface area (TPSA) is 120 Å². The second-order valence-electron chi connectivity index (χ2n) is 7.22. The predicted molar refractivity (Wildman–Crippen MR) is 97.3 cm³/mol. The van der Waals surface area contributed by atoms with Crippen LogP contribution in [0.5, 0.6) is 23.0 Å². The molecule has 27 heavy (non-hydrogen) atoms. The largest absolute Gasteiger partial charge is 0.508 e. The van der Waals surface area contributed by atoms with Gasteiger partial charge in [0.2, 0.25) is 5.43 Å². The van der Waals surface area contributed by atoms with E-state index < -0.39 is 22.9 Å². The molecule has 0 fully saturated rings. The second-order valence-corrected chi connectivity index (χ2v) is 7.22. The summed E-state index contributed by atoms with van der Waals surface area (Å²) in [4.78, 5) is 12.9. The lowest BCUT2D eigenvalue weighted by Gasteiger charge is -2.24. The first kappa shape index (κ1) is 17.2. The minimum atomic E-state index is -1.10. The molecule has 2 heterocycles. The van der Waals surface area contributed by atoms with Crippen molar-refractivity contribution in [2.24, 2.45) is 0 Å². The zero-order valence-electron chi connectivity index (χ0n) is 14.7. The lowest BCUT2D eigenvalue weighted by atomic mass is 9.94. The smallest absolute Gasteiger partial charge is 0.204 e. The number of ether oxygens (including phenoxy) is 1. The monoisotopic (exact) mass is 370 g/mol. The summed E-state index contributed by atoms with van der Waals surface area (Å²) in [6, 6.07) is 5.42. The van der Waals surface area contributed by atoms with Crippen molar-refractivity contribution in [3.05, 3.63) is 46.3 Å². The molecule has 0 saturated carbocycles. The summed E-state index contributed by atoms with van der Waals surface area (Å²) < 4.78 is 11.1. The Labute approximate surface area is 153 Å². The number of phenolic OH excluding ortho intramolecular Hbond substituents is 3. The van der Waals surface area contributed by atoms with Crippen LogP contribution in [0.15, 0.2) is 39.7 Å². The molecule has 0 amide bonds. The Bertz CT molecular complexity index is 1120. The highest BCUT2D eigenvalue weighted by Gasteiger charge is 2.37. The summed E-state index contributed by atoms with van der Waals surface area (Å²) in [6.45, 7) is 3.25. The van der Waals surface area contributed by atoms with Gasteiger partial charge in [0.05, 0.1) is 11.2 Å². The van der Waals surface area contributed by atoms with Crippen molar-refractivity contribution < 1.29 is 29.6 Å². The van der Waals surface area contributed by atoms with Crippen molar-refractivity contribution in [2.75, 3.05) is 0 Å². The van der Waals surface area contributed by atoms with E-state index >= 15 is 0 Å². The van der Waals surface area contributed by atoms with Gasteiger partial charge in [-0.05, 0) is 26.0 Å². The molecule has 0 bridgehead atoms. The minimum Gasteiger partial charge on any atom is -0.508 e. The van der Waals surface area contributed by atoms with Gasteiger partial charge >= 0.3 is 0 Å². The lowest BCUT2D eigenvalue weighted by Crippen LogP contribution is -2.39. The molecular weight excluding hydrogens is 352 g/mol. The molecule has 3 aromatic rings. The highest BCUT2D eigenvalue weighted by Crippen LogP contribution is 2.43. The van der Waals surface area contributed by atoms with Crippen LogP contribution >= 0.6 is 0 Å². The van der Waals surface area contributed by atoms with E-state index in [1.807, 2.05) is 0 Å². The molecule has 0 spiro atoms. The van der Waals surface area contributed by atoms with E-state index in [0.29, 0.717) is 11.3 Å². The fourth-order valence-corrected chi connectivity index (χ4v) is 3.32. The van der Waals surface area contributed by atoms with Gasteiger partial charge in [0.1, 0.15) is 46.3 Å². The number of hydrogen-bond donors (Lipinski definition) is 4. The van der Waals surface area contributed by atoms with E-state index in [9.17, 15) is 25.2 Å². The lowest BCUT2D eigenvalue weighted by molar-refractivity contribution is -0.0229. The van der Waals surface area contributed by atoms with Crippen molar-refractivity contribution in [1.82, 2.24) is 0 Å². The van der Waals surface area contributed by atoms with Crippen molar-refractivity contribution in [2.45, 2.75) is 32.0 Å². The molecule has 7 heteroatoms. The molecule has 0 saturated heterocycles. The quantitative estimate of drug-likeness (QED) is 0.547. The Morgan fingerprint density at radius 1 is 1.11 bits per heavy atom. The van der Waals surface area contributed by atoms with E-state index in [-0.39, 0.29) is 40.0 Å². The van der Waals surface area contributed by atoms with Crippen LogP contribution in [0.2, 0.25) is 0 Å². The van der Waals surface area contributed by atoms with Crippen LogP contribution < -0.4 is 10.2 Å². The molecule has 1 aromatic heterocycles. The van der Waals surface area contributed by atoms with Crippen LogP contribution in [-0.2, 0) is 6.42 Å². The van der Waals surface area contributed by atoms with E-state index in [1.54, 1.807) is 19.9 Å². The predicted octanol–water partition coefficient (Wildman–Crippen LogP) is 2.65. The summed E-state index contributed by atoms with van der Waals surface area (Å²) in [5.41, 5.74) is -0.808. The van der Waals surface area contributed by atoms with E-state index in [1.165, 1.54) is 18.4 Å².